The van der Waals surface area contributed by atoms with E-state index in [1.54, 1.807) is 7.11 Å². The highest BCUT2D eigenvalue weighted by Gasteiger charge is 2.16. The van der Waals surface area contributed by atoms with Gasteiger partial charge in [-0.05, 0) is 61.3 Å². The predicted octanol–water partition coefficient (Wildman–Crippen LogP) is 5.60. The highest BCUT2D eigenvalue weighted by molar-refractivity contribution is 5.94. The summed E-state index contributed by atoms with van der Waals surface area (Å²) in [6.07, 6.45) is 6.79. The van der Waals surface area contributed by atoms with Crippen molar-refractivity contribution in [3.8, 4) is 11.5 Å². The fraction of sp³-hybridized carbons (Fsp3) is 0.375. The topological polar surface area (TPSA) is 95.1 Å². The number of allylic oxidation sites excluding steroid dienone is 1. The largest absolute Gasteiger partial charge is 0.497 e. The van der Waals surface area contributed by atoms with Gasteiger partial charge in [-0.15, -0.1) is 0 Å². The second-order valence-electron chi connectivity index (χ2n) is 9.71. The normalized spacial score (nSPS) is 15.4. The lowest BCUT2D eigenvalue weighted by atomic mass is 10.1. The monoisotopic (exact) mass is 546 g/mol. The molecular weight excluding hydrogens is 508 g/mol. The highest BCUT2D eigenvalue weighted by Crippen LogP contribution is 2.25. The predicted molar refractivity (Wildman–Crippen MR) is 154 cm³/mol. The third-order valence-corrected chi connectivity index (χ3v) is 6.73. The Hall–Kier alpha value is -3.88. The quantitative estimate of drug-likeness (QED) is 0.155. The van der Waals surface area contributed by atoms with Crippen LogP contribution >= 0.6 is 0 Å². The number of fused-ring (bicyclic) bond motifs is 1. The molecule has 0 radical (unpaired) electrons. The fourth-order valence-electron chi connectivity index (χ4n) is 4.43. The molecule has 1 aliphatic heterocycles. The number of hydroxylamine groups is 1. The number of carbonyl (C=O) groups excluding carboxylic acids is 2. The van der Waals surface area contributed by atoms with E-state index in [4.69, 9.17) is 19.0 Å². The van der Waals surface area contributed by atoms with Crippen LogP contribution in [0.3, 0.4) is 0 Å². The Kier molecular flexibility index (Phi) is 11.4. The van der Waals surface area contributed by atoms with Crippen molar-refractivity contribution in [2.75, 3.05) is 20.3 Å². The van der Waals surface area contributed by atoms with E-state index in [1.165, 1.54) is 0 Å². The molecule has 1 fully saturated rings. The number of hydrogen-bond donors (Lipinski definition) is 2. The van der Waals surface area contributed by atoms with E-state index in [0.29, 0.717) is 38.0 Å². The van der Waals surface area contributed by atoms with E-state index < -0.39 is 0 Å². The second-order valence-corrected chi connectivity index (χ2v) is 9.71. The van der Waals surface area contributed by atoms with Crippen LogP contribution in [0, 0.1) is 0 Å². The van der Waals surface area contributed by atoms with Crippen LogP contribution in [0.15, 0.2) is 78.4 Å². The van der Waals surface area contributed by atoms with Gasteiger partial charge in [0, 0.05) is 31.4 Å². The number of methoxy groups -OCH3 is 1. The summed E-state index contributed by atoms with van der Waals surface area (Å²) < 4.78 is 16.8. The van der Waals surface area contributed by atoms with Gasteiger partial charge in [-0.2, -0.15) is 0 Å². The molecule has 2 amide bonds. The summed E-state index contributed by atoms with van der Waals surface area (Å²) >= 11 is 0. The van der Waals surface area contributed by atoms with Crippen molar-refractivity contribution in [1.82, 2.24) is 10.8 Å². The molecule has 212 valence electrons. The number of amides is 2. The number of rotatable bonds is 14. The van der Waals surface area contributed by atoms with E-state index in [0.717, 1.165) is 53.5 Å². The number of carbonyl (C=O) groups is 2. The lowest BCUT2D eigenvalue weighted by molar-refractivity contribution is -0.200. The maximum absolute atomic E-state index is 13.2. The smallest absolute Gasteiger partial charge is 0.250 e. The average Bonchev–Trinajstić information content (AvgIpc) is 3.01. The summed E-state index contributed by atoms with van der Waals surface area (Å²) in [7, 11) is 1.62. The van der Waals surface area contributed by atoms with Gasteiger partial charge in [-0.3, -0.25) is 9.59 Å². The molecule has 0 aliphatic carbocycles. The first kappa shape index (κ1) is 29.1. The Labute approximate surface area is 235 Å². The molecule has 1 aliphatic rings. The van der Waals surface area contributed by atoms with Gasteiger partial charge in [0.05, 0.1) is 12.7 Å². The maximum Gasteiger partial charge on any atom is 0.250 e. The molecule has 0 spiro atoms. The van der Waals surface area contributed by atoms with E-state index in [2.05, 4.69) is 10.8 Å². The van der Waals surface area contributed by atoms with Gasteiger partial charge in [0.2, 0.25) is 5.91 Å². The van der Waals surface area contributed by atoms with Crippen LogP contribution in [0.1, 0.15) is 50.5 Å². The first-order valence-electron chi connectivity index (χ1n) is 13.9. The van der Waals surface area contributed by atoms with Crippen molar-refractivity contribution >= 4 is 22.6 Å². The van der Waals surface area contributed by atoms with Crippen molar-refractivity contribution in [3.63, 3.8) is 0 Å². The van der Waals surface area contributed by atoms with Crippen molar-refractivity contribution < 1.29 is 28.6 Å². The summed E-state index contributed by atoms with van der Waals surface area (Å²) in [5.41, 5.74) is 4.00. The molecule has 40 heavy (non-hydrogen) atoms. The van der Waals surface area contributed by atoms with E-state index in [9.17, 15) is 9.59 Å². The minimum atomic E-state index is -0.360. The molecule has 1 unspecified atom stereocenters. The number of hydrogen-bond acceptors (Lipinski definition) is 6. The van der Waals surface area contributed by atoms with E-state index in [1.807, 2.05) is 72.8 Å². The number of nitrogens with one attached hydrogen (secondary N) is 2. The Morgan fingerprint density at radius 3 is 2.62 bits per heavy atom. The molecule has 0 saturated carbocycles. The number of benzene rings is 3. The zero-order chi connectivity index (χ0) is 28.0. The van der Waals surface area contributed by atoms with Crippen molar-refractivity contribution in [2.45, 2.75) is 57.8 Å². The van der Waals surface area contributed by atoms with Gasteiger partial charge in [0.25, 0.3) is 5.91 Å². The first-order chi connectivity index (χ1) is 19.6. The average molecular weight is 547 g/mol. The standard InChI is InChI=1S/C32H38N2O6/c1-37-27-19-17-24(18-20-27)22-33-32(36)26(23-39-29-14-9-12-25-10-5-6-13-28(25)29)11-3-2-4-15-30(35)34-40-31-16-7-8-21-38-31/h5-6,9-14,17-20,31H,2-4,7-8,15-16,21-23H2,1H3,(H,33,36)(H,34,35)/b26-11+. The zero-order valence-electron chi connectivity index (χ0n) is 23.0. The van der Waals surface area contributed by atoms with Crippen LogP contribution < -0.4 is 20.3 Å². The lowest BCUT2D eigenvalue weighted by Crippen LogP contribution is -2.32. The molecule has 1 saturated heterocycles. The molecule has 1 heterocycles. The Balaban J connectivity index is 1.30. The first-order valence-corrected chi connectivity index (χ1v) is 13.9. The summed E-state index contributed by atoms with van der Waals surface area (Å²) in [6, 6.07) is 21.5. The van der Waals surface area contributed by atoms with Crippen LogP contribution in [0.25, 0.3) is 10.8 Å². The Morgan fingerprint density at radius 2 is 1.82 bits per heavy atom. The third kappa shape index (κ3) is 9.10. The minimum Gasteiger partial charge on any atom is -0.497 e. The van der Waals surface area contributed by atoms with Gasteiger partial charge in [0.15, 0.2) is 6.29 Å². The van der Waals surface area contributed by atoms with E-state index >= 15 is 0 Å². The summed E-state index contributed by atoms with van der Waals surface area (Å²) in [5, 5.41) is 5.07. The zero-order valence-corrected chi connectivity index (χ0v) is 23.0. The van der Waals surface area contributed by atoms with Crippen LogP contribution in [0.4, 0.5) is 0 Å². The number of unbranched alkanes of at least 4 members (excludes halogenated alkanes) is 2. The van der Waals surface area contributed by atoms with Crippen molar-refractivity contribution in [3.05, 3.63) is 83.9 Å². The molecule has 3 aromatic carbocycles. The maximum atomic E-state index is 13.2. The minimum absolute atomic E-state index is 0.137. The molecule has 1 atom stereocenters. The Bertz CT molecular complexity index is 1260. The molecule has 8 heteroatoms. The van der Waals surface area contributed by atoms with Gasteiger partial charge in [0.1, 0.15) is 18.1 Å². The molecular formula is C32H38N2O6. The molecule has 4 rings (SSSR count). The second kappa shape index (κ2) is 15.6. The molecule has 3 aromatic rings. The fourth-order valence-corrected chi connectivity index (χ4v) is 4.43. The van der Waals surface area contributed by atoms with Gasteiger partial charge in [-0.1, -0.05) is 54.6 Å². The summed E-state index contributed by atoms with van der Waals surface area (Å²) in [5.74, 6) is 1.14. The lowest BCUT2D eigenvalue weighted by Gasteiger charge is -2.22. The Morgan fingerprint density at radius 1 is 1.00 bits per heavy atom. The van der Waals surface area contributed by atoms with Gasteiger partial charge in [-0.25, -0.2) is 10.3 Å². The molecule has 8 nitrogen and oxygen atoms in total. The van der Waals surface area contributed by atoms with Crippen LogP contribution in [-0.4, -0.2) is 38.4 Å². The van der Waals surface area contributed by atoms with Crippen LogP contribution in [0.2, 0.25) is 0 Å². The number of ether oxygens (including phenoxy) is 3. The molecule has 0 aromatic heterocycles. The molecule has 2 N–H and O–H groups in total. The SMILES string of the molecule is COc1ccc(CNC(=O)/C(=C/CCCCC(=O)NOC2CCCCO2)COc2cccc3ccccc23)cc1. The highest BCUT2D eigenvalue weighted by atomic mass is 16.8. The molecule has 0 bridgehead atoms. The van der Waals surface area contributed by atoms with Gasteiger partial charge >= 0.3 is 0 Å². The summed E-state index contributed by atoms with van der Waals surface area (Å²) in [6.45, 7) is 1.19. The van der Waals surface area contributed by atoms with Crippen molar-refractivity contribution in [2.24, 2.45) is 0 Å². The third-order valence-electron chi connectivity index (χ3n) is 6.73. The van der Waals surface area contributed by atoms with E-state index in [-0.39, 0.29) is 24.7 Å². The summed E-state index contributed by atoms with van der Waals surface area (Å²) in [4.78, 5) is 30.6. The van der Waals surface area contributed by atoms with Crippen molar-refractivity contribution in [1.29, 1.82) is 0 Å². The van der Waals surface area contributed by atoms with Crippen LogP contribution in [0.5, 0.6) is 11.5 Å². The van der Waals surface area contributed by atoms with Crippen LogP contribution in [-0.2, 0) is 25.7 Å². The van der Waals surface area contributed by atoms with Gasteiger partial charge < -0.3 is 19.5 Å².